The highest BCUT2D eigenvalue weighted by atomic mass is 32.2. The summed E-state index contributed by atoms with van der Waals surface area (Å²) in [4.78, 5) is 27.1. The molecular weight excluding hydrogens is 370 g/mol. The van der Waals surface area contributed by atoms with Crippen molar-refractivity contribution in [2.24, 2.45) is 0 Å². The van der Waals surface area contributed by atoms with E-state index in [9.17, 15) is 9.59 Å². The average Bonchev–Trinajstić information content (AvgIpc) is 2.97. The Morgan fingerprint density at radius 2 is 1.68 bits per heavy atom. The third-order valence-corrected chi connectivity index (χ3v) is 5.80. The zero-order chi connectivity index (χ0) is 19.7. The molecule has 1 aliphatic heterocycles. The van der Waals surface area contributed by atoms with Gasteiger partial charge in [-0.2, -0.15) is 0 Å². The van der Waals surface area contributed by atoms with Crippen LogP contribution in [-0.4, -0.2) is 23.2 Å². The number of amides is 2. The van der Waals surface area contributed by atoms with Gasteiger partial charge < -0.3 is 4.74 Å². The number of hydrogen-bond acceptors (Lipinski definition) is 4. The van der Waals surface area contributed by atoms with Gasteiger partial charge in [0.1, 0.15) is 5.75 Å². The van der Waals surface area contributed by atoms with Crippen molar-refractivity contribution < 1.29 is 14.3 Å². The van der Waals surface area contributed by atoms with Gasteiger partial charge >= 0.3 is 0 Å². The van der Waals surface area contributed by atoms with Crippen LogP contribution in [0.3, 0.4) is 0 Å². The van der Waals surface area contributed by atoms with Gasteiger partial charge in [0.2, 0.25) is 0 Å². The monoisotopic (exact) mass is 389 g/mol. The second-order valence-corrected chi connectivity index (χ2v) is 7.59. The van der Waals surface area contributed by atoms with Crippen LogP contribution in [0.15, 0.2) is 65.6 Å². The number of methoxy groups -OCH3 is 1. The van der Waals surface area contributed by atoms with Crippen molar-refractivity contribution in [2.75, 3.05) is 7.11 Å². The van der Waals surface area contributed by atoms with E-state index in [1.165, 1.54) is 4.90 Å². The number of benzene rings is 3. The van der Waals surface area contributed by atoms with Gasteiger partial charge in [-0.1, -0.05) is 54.6 Å². The Balaban J connectivity index is 1.68. The first-order valence-corrected chi connectivity index (χ1v) is 9.76. The lowest BCUT2D eigenvalue weighted by Gasteiger charge is -2.14. The molecule has 28 heavy (non-hydrogen) atoms. The third-order valence-electron chi connectivity index (χ3n) is 4.89. The van der Waals surface area contributed by atoms with Crippen molar-refractivity contribution in [3.63, 3.8) is 0 Å². The number of aryl methyl sites for hydroxylation is 1. The van der Waals surface area contributed by atoms with Gasteiger partial charge in [-0.05, 0) is 52.9 Å². The predicted molar refractivity (Wildman–Crippen MR) is 113 cm³/mol. The van der Waals surface area contributed by atoms with E-state index in [0.717, 1.165) is 45.0 Å². The Morgan fingerprint density at radius 3 is 2.43 bits per heavy atom. The number of carbonyl (C=O) groups is 2. The number of carbonyl (C=O) groups excluding carboxylic acids is 2. The van der Waals surface area contributed by atoms with Gasteiger partial charge in [0.25, 0.3) is 11.1 Å². The lowest BCUT2D eigenvalue weighted by atomic mass is 10.0. The van der Waals surface area contributed by atoms with Crippen molar-refractivity contribution in [1.29, 1.82) is 0 Å². The standard InChI is InChI=1S/C23H19NO3S/c1-15-7-3-4-8-17(15)14-24-22(25)21(28-23(24)26)13-16-11-12-20(27-2)19-10-6-5-9-18(16)19/h3-13H,14H2,1-2H3/b21-13-. The maximum atomic E-state index is 12.9. The molecule has 0 spiro atoms. The predicted octanol–water partition coefficient (Wildman–Crippen LogP) is 5.39. The summed E-state index contributed by atoms with van der Waals surface area (Å²) >= 11 is 0.988. The summed E-state index contributed by atoms with van der Waals surface area (Å²) in [7, 11) is 1.64. The summed E-state index contributed by atoms with van der Waals surface area (Å²) in [6, 6.07) is 19.4. The highest BCUT2D eigenvalue weighted by molar-refractivity contribution is 8.18. The van der Waals surface area contributed by atoms with Crippen LogP contribution in [0.5, 0.6) is 5.75 Å². The summed E-state index contributed by atoms with van der Waals surface area (Å²) in [6.07, 6.45) is 1.80. The number of hydrogen-bond donors (Lipinski definition) is 0. The van der Waals surface area contributed by atoms with E-state index in [1.54, 1.807) is 13.2 Å². The summed E-state index contributed by atoms with van der Waals surface area (Å²) < 4.78 is 5.43. The number of imide groups is 1. The van der Waals surface area contributed by atoms with E-state index in [1.807, 2.05) is 67.6 Å². The van der Waals surface area contributed by atoms with Crippen molar-refractivity contribution in [2.45, 2.75) is 13.5 Å². The fourth-order valence-corrected chi connectivity index (χ4v) is 4.16. The zero-order valence-electron chi connectivity index (χ0n) is 15.6. The molecule has 140 valence electrons. The Labute approximate surface area is 167 Å². The molecule has 4 nitrogen and oxygen atoms in total. The molecule has 1 saturated heterocycles. The number of thioether (sulfide) groups is 1. The first-order valence-electron chi connectivity index (χ1n) is 8.94. The van der Waals surface area contributed by atoms with Gasteiger partial charge in [-0.25, -0.2) is 0 Å². The lowest BCUT2D eigenvalue weighted by molar-refractivity contribution is -0.123. The van der Waals surface area contributed by atoms with Crippen molar-refractivity contribution >= 4 is 39.8 Å². The molecule has 3 aromatic rings. The largest absolute Gasteiger partial charge is 0.496 e. The first-order chi connectivity index (χ1) is 13.6. The molecule has 0 atom stereocenters. The van der Waals surface area contributed by atoms with Crippen LogP contribution in [0.1, 0.15) is 16.7 Å². The Bertz CT molecular complexity index is 1120. The van der Waals surface area contributed by atoms with E-state index in [-0.39, 0.29) is 17.7 Å². The van der Waals surface area contributed by atoms with Crippen LogP contribution in [0, 0.1) is 6.92 Å². The Hall–Kier alpha value is -3.05. The molecule has 0 radical (unpaired) electrons. The van der Waals surface area contributed by atoms with E-state index < -0.39 is 0 Å². The molecule has 3 aromatic carbocycles. The number of fused-ring (bicyclic) bond motifs is 1. The van der Waals surface area contributed by atoms with Gasteiger partial charge in [-0.3, -0.25) is 14.5 Å². The van der Waals surface area contributed by atoms with Crippen LogP contribution in [0.2, 0.25) is 0 Å². The minimum Gasteiger partial charge on any atom is -0.496 e. The fourth-order valence-electron chi connectivity index (χ4n) is 3.33. The maximum Gasteiger partial charge on any atom is 0.293 e. The van der Waals surface area contributed by atoms with Crippen molar-refractivity contribution in [3.8, 4) is 5.75 Å². The molecule has 1 fully saturated rings. The molecule has 1 heterocycles. The summed E-state index contributed by atoms with van der Waals surface area (Å²) in [5.74, 6) is 0.526. The highest BCUT2D eigenvalue weighted by Crippen LogP contribution is 2.36. The molecule has 5 heteroatoms. The van der Waals surface area contributed by atoms with E-state index in [4.69, 9.17) is 4.74 Å². The quantitative estimate of drug-likeness (QED) is 0.561. The molecule has 1 aliphatic rings. The molecule has 0 unspecified atom stereocenters. The zero-order valence-corrected chi connectivity index (χ0v) is 16.5. The molecular formula is C23H19NO3S. The minimum atomic E-state index is -0.252. The third kappa shape index (κ3) is 3.29. The van der Waals surface area contributed by atoms with Gasteiger partial charge in [-0.15, -0.1) is 0 Å². The summed E-state index contributed by atoms with van der Waals surface area (Å²) in [5, 5.41) is 1.71. The lowest BCUT2D eigenvalue weighted by Crippen LogP contribution is -2.27. The fraction of sp³-hybridized carbons (Fsp3) is 0.130. The molecule has 2 amide bonds. The second-order valence-electron chi connectivity index (χ2n) is 6.60. The van der Waals surface area contributed by atoms with E-state index >= 15 is 0 Å². The Kier molecular flexibility index (Phi) is 4.92. The minimum absolute atomic E-state index is 0.239. The van der Waals surface area contributed by atoms with Gasteiger partial charge in [0.15, 0.2) is 0 Å². The molecule has 0 N–H and O–H groups in total. The summed E-state index contributed by atoms with van der Waals surface area (Å²) in [6.45, 7) is 2.27. The number of ether oxygens (including phenoxy) is 1. The molecule has 0 saturated carbocycles. The van der Waals surface area contributed by atoms with Crippen molar-refractivity contribution in [3.05, 3.63) is 82.3 Å². The molecule has 0 aliphatic carbocycles. The highest BCUT2D eigenvalue weighted by Gasteiger charge is 2.35. The molecule has 0 aromatic heterocycles. The first kappa shape index (κ1) is 18.3. The van der Waals surface area contributed by atoms with Crippen LogP contribution in [0.4, 0.5) is 4.79 Å². The van der Waals surface area contributed by atoms with E-state index in [2.05, 4.69) is 0 Å². The SMILES string of the molecule is COc1ccc(/C=C2\SC(=O)N(Cc3ccccc3C)C2=O)c2ccccc12. The average molecular weight is 389 g/mol. The van der Waals surface area contributed by atoms with Crippen LogP contribution in [-0.2, 0) is 11.3 Å². The maximum absolute atomic E-state index is 12.9. The second kappa shape index (κ2) is 7.52. The number of nitrogens with zero attached hydrogens (tertiary/aromatic N) is 1. The molecule has 4 rings (SSSR count). The summed E-state index contributed by atoms with van der Waals surface area (Å²) in [5.41, 5.74) is 2.92. The van der Waals surface area contributed by atoms with Gasteiger partial charge in [0.05, 0.1) is 18.6 Å². The van der Waals surface area contributed by atoms with Crippen molar-refractivity contribution in [1.82, 2.24) is 4.90 Å². The van der Waals surface area contributed by atoms with E-state index in [0.29, 0.717) is 4.91 Å². The molecule has 0 bridgehead atoms. The normalized spacial score (nSPS) is 15.6. The smallest absolute Gasteiger partial charge is 0.293 e. The van der Waals surface area contributed by atoms with Gasteiger partial charge in [0, 0.05) is 5.39 Å². The Morgan fingerprint density at radius 1 is 0.964 bits per heavy atom. The van der Waals surface area contributed by atoms with Crippen LogP contribution in [0.25, 0.3) is 16.8 Å². The number of rotatable bonds is 4. The van der Waals surface area contributed by atoms with Crippen LogP contribution < -0.4 is 4.74 Å². The van der Waals surface area contributed by atoms with Crippen LogP contribution >= 0.6 is 11.8 Å². The topological polar surface area (TPSA) is 46.6 Å².